The van der Waals surface area contributed by atoms with E-state index >= 15 is 0 Å². The second-order valence-corrected chi connectivity index (χ2v) is 6.41. The SMILES string of the molecule is O=C(NC(=S)Nc1ccccc1O)c1ccccc1OCCc1ccccc1. The number of phenolic OH excluding ortho intramolecular Hbond substituents is 1. The Hall–Kier alpha value is -3.38. The van der Waals surface area contributed by atoms with Crippen molar-refractivity contribution in [3.8, 4) is 11.5 Å². The van der Waals surface area contributed by atoms with Crippen molar-refractivity contribution in [2.45, 2.75) is 6.42 Å². The highest BCUT2D eigenvalue weighted by Crippen LogP contribution is 2.22. The van der Waals surface area contributed by atoms with Crippen molar-refractivity contribution in [1.82, 2.24) is 5.32 Å². The minimum absolute atomic E-state index is 0.0451. The molecule has 0 radical (unpaired) electrons. The zero-order valence-electron chi connectivity index (χ0n) is 15.1. The second-order valence-electron chi connectivity index (χ2n) is 6.01. The molecule has 6 heteroatoms. The lowest BCUT2D eigenvalue weighted by atomic mass is 10.1. The van der Waals surface area contributed by atoms with Gasteiger partial charge in [0.05, 0.1) is 17.9 Å². The summed E-state index contributed by atoms with van der Waals surface area (Å²) >= 11 is 5.17. The molecule has 142 valence electrons. The van der Waals surface area contributed by atoms with Crippen molar-refractivity contribution < 1.29 is 14.6 Å². The van der Waals surface area contributed by atoms with E-state index in [0.717, 1.165) is 12.0 Å². The first-order valence-electron chi connectivity index (χ1n) is 8.79. The number of hydrogen-bond acceptors (Lipinski definition) is 4. The van der Waals surface area contributed by atoms with Crippen LogP contribution in [0.15, 0.2) is 78.9 Å². The largest absolute Gasteiger partial charge is 0.506 e. The molecule has 0 aromatic heterocycles. The van der Waals surface area contributed by atoms with Gasteiger partial charge < -0.3 is 15.2 Å². The van der Waals surface area contributed by atoms with Gasteiger partial charge in [-0.15, -0.1) is 0 Å². The molecule has 28 heavy (non-hydrogen) atoms. The van der Waals surface area contributed by atoms with E-state index in [1.807, 2.05) is 36.4 Å². The van der Waals surface area contributed by atoms with Gasteiger partial charge in [-0.2, -0.15) is 0 Å². The number of phenols is 1. The summed E-state index contributed by atoms with van der Waals surface area (Å²) in [4.78, 5) is 12.6. The third kappa shape index (κ3) is 5.31. The molecule has 0 bridgehead atoms. The standard InChI is InChI=1S/C22H20N2O3S/c25-19-12-6-5-11-18(19)23-22(28)24-21(26)17-10-4-7-13-20(17)27-15-14-16-8-2-1-3-9-16/h1-13,25H,14-15H2,(H2,23,24,26,28). The maximum atomic E-state index is 12.6. The molecule has 3 rings (SSSR count). The number of para-hydroxylation sites is 3. The van der Waals surface area contributed by atoms with Crippen LogP contribution in [0, 0.1) is 0 Å². The topological polar surface area (TPSA) is 70.6 Å². The number of carbonyl (C=O) groups excluding carboxylic acids is 1. The van der Waals surface area contributed by atoms with E-state index in [0.29, 0.717) is 23.6 Å². The van der Waals surface area contributed by atoms with E-state index in [4.69, 9.17) is 17.0 Å². The van der Waals surface area contributed by atoms with Crippen LogP contribution in [0.1, 0.15) is 15.9 Å². The van der Waals surface area contributed by atoms with Gasteiger partial charge in [-0.3, -0.25) is 10.1 Å². The maximum absolute atomic E-state index is 12.6. The Kier molecular flexibility index (Phi) is 6.59. The van der Waals surface area contributed by atoms with Crippen LogP contribution in [0.5, 0.6) is 11.5 Å². The molecule has 3 aromatic carbocycles. The van der Waals surface area contributed by atoms with Gasteiger partial charge in [-0.05, 0) is 42.0 Å². The third-order valence-electron chi connectivity index (χ3n) is 4.00. The molecule has 0 spiro atoms. The summed E-state index contributed by atoms with van der Waals surface area (Å²) in [5.41, 5.74) is 1.97. The molecule has 0 aliphatic rings. The zero-order valence-corrected chi connectivity index (χ0v) is 15.9. The van der Waals surface area contributed by atoms with E-state index in [1.54, 1.807) is 36.4 Å². The average Bonchev–Trinajstić information content (AvgIpc) is 2.71. The quantitative estimate of drug-likeness (QED) is 0.434. The van der Waals surface area contributed by atoms with Crippen LogP contribution in [0.2, 0.25) is 0 Å². The van der Waals surface area contributed by atoms with E-state index in [1.165, 1.54) is 6.07 Å². The molecule has 0 saturated carbocycles. The van der Waals surface area contributed by atoms with Gasteiger partial charge in [-0.25, -0.2) is 0 Å². The van der Waals surface area contributed by atoms with Crippen molar-refractivity contribution in [3.05, 3.63) is 90.0 Å². The van der Waals surface area contributed by atoms with Crippen LogP contribution in [-0.4, -0.2) is 22.7 Å². The van der Waals surface area contributed by atoms with Crippen LogP contribution >= 0.6 is 12.2 Å². The van der Waals surface area contributed by atoms with Crippen molar-refractivity contribution in [2.24, 2.45) is 0 Å². The fraction of sp³-hybridized carbons (Fsp3) is 0.0909. The highest BCUT2D eigenvalue weighted by molar-refractivity contribution is 7.80. The maximum Gasteiger partial charge on any atom is 0.261 e. The molecule has 0 heterocycles. The number of aromatic hydroxyl groups is 1. The molecule has 0 fully saturated rings. The second kappa shape index (κ2) is 9.53. The van der Waals surface area contributed by atoms with Crippen LogP contribution in [0.25, 0.3) is 0 Å². The summed E-state index contributed by atoms with van der Waals surface area (Å²) in [6.45, 7) is 0.453. The van der Waals surface area contributed by atoms with E-state index in [-0.39, 0.29) is 16.8 Å². The Morgan fingerprint density at radius 1 is 0.929 bits per heavy atom. The number of benzene rings is 3. The molecule has 3 aromatic rings. The summed E-state index contributed by atoms with van der Waals surface area (Å²) in [6.07, 6.45) is 0.740. The third-order valence-corrected chi connectivity index (χ3v) is 4.21. The number of thiocarbonyl (C=S) groups is 1. The smallest absolute Gasteiger partial charge is 0.261 e. The Morgan fingerprint density at radius 3 is 2.39 bits per heavy atom. The summed E-state index contributed by atoms with van der Waals surface area (Å²) in [5.74, 6) is 0.147. The van der Waals surface area contributed by atoms with E-state index in [2.05, 4.69) is 10.6 Å². The molecule has 1 amide bonds. The summed E-state index contributed by atoms with van der Waals surface area (Å²) < 4.78 is 5.82. The van der Waals surface area contributed by atoms with E-state index < -0.39 is 0 Å². The Bertz CT molecular complexity index is 961. The molecule has 5 nitrogen and oxygen atoms in total. The molecule has 0 unspecified atom stereocenters. The highest BCUT2D eigenvalue weighted by atomic mass is 32.1. The number of hydrogen-bond donors (Lipinski definition) is 3. The lowest BCUT2D eigenvalue weighted by Crippen LogP contribution is -2.34. The number of carbonyl (C=O) groups is 1. The molecular weight excluding hydrogens is 372 g/mol. The minimum atomic E-state index is -0.386. The minimum Gasteiger partial charge on any atom is -0.506 e. The van der Waals surface area contributed by atoms with Gasteiger partial charge in [0.15, 0.2) is 5.11 Å². The predicted octanol–water partition coefficient (Wildman–Crippen LogP) is 4.14. The fourth-order valence-corrected chi connectivity index (χ4v) is 2.81. The molecular formula is C22H20N2O3S. The summed E-state index contributed by atoms with van der Waals surface area (Å²) in [5, 5.41) is 15.3. The van der Waals surface area contributed by atoms with Gasteiger partial charge in [0.2, 0.25) is 0 Å². The number of nitrogens with one attached hydrogen (secondary N) is 2. The van der Waals surface area contributed by atoms with Crippen LogP contribution < -0.4 is 15.4 Å². The lowest BCUT2D eigenvalue weighted by Gasteiger charge is -2.13. The van der Waals surface area contributed by atoms with Crippen molar-refractivity contribution in [1.29, 1.82) is 0 Å². The lowest BCUT2D eigenvalue weighted by molar-refractivity contribution is 0.0974. The van der Waals surface area contributed by atoms with Gasteiger partial charge in [0.1, 0.15) is 11.5 Å². The van der Waals surface area contributed by atoms with Crippen LogP contribution in [0.4, 0.5) is 5.69 Å². The van der Waals surface area contributed by atoms with Gasteiger partial charge in [0, 0.05) is 6.42 Å². The first kappa shape index (κ1) is 19.4. The summed E-state index contributed by atoms with van der Waals surface area (Å²) in [7, 11) is 0. The highest BCUT2D eigenvalue weighted by Gasteiger charge is 2.14. The first-order chi connectivity index (χ1) is 13.6. The van der Waals surface area contributed by atoms with E-state index in [9.17, 15) is 9.90 Å². The Balaban J connectivity index is 1.60. The Labute approximate surface area is 169 Å². The van der Waals surface area contributed by atoms with Crippen molar-refractivity contribution >= 4 is 28.9 Å². The molecule has 0 aliphatic heterocycles. The monoisotopic (exact) mass is 392 g/mol. The summed E-state index contributed by atoms with van der Waals surface area (Å²) in [6, 6.07) is 23.6. The normalized spacial score (nSPS) is 10.1. The molecule has 0 saturated heterocycles. The number of anilines is 1. The molecule has 0 atom stereocenters. The van der Waals surface area contributed by atoms with Crippen molar-refractivity contribution in [3.63, 3.8) is 0 Å². The van der Waals surface area contributed by atoms with Crippen molar-refractivity contribution in [2.75, 3.05) is 11.9 Å². The van der Waals surface area contributed by atoms with Crippen LogP contribution in [0.3, 0.4) is 0 Å². The van der Waals surface area contributed by atoms with Gasteiger partial charge in [0.25, 0.3) is 5.91 Å². The number of amides is 1. The Morgan fingerprint density at radius 2 is 1.61 bits per heavy atom. The van der Waals surface area contributed by atoms with Crippen LogP contribution in [-0.2, 0) is 6.42 Å². The first-order valence-corrected chi connectivity index (χ1v) is 9.20. The zero-order chi connectivity index (χ0) is 19.8. The average molecular weight is 392 g/mol. The fourth-order valence-electron chi connectivity index (χ4n) is 2.61. The molecule has 3 N–H and O–H groups in total. The van der Waals surface area contributed by atoms with Gasteiger partial charge in [-0.1, -0.05) is 54.6 Å². The van der Waals surface area contributed by atoms with Gasteiger partial charge >= 0.3 is 0 Å². The number of rotatable bonds is 6. The predicted molar refractivity (Wildman–Crippen MR) is 114 cm³/mol. The molecule has 0 aliphatic carbocycles. The number of ether oxygens (including phenoxy) is 1.